The Labute approximate surface area is 165 Å². The highest BCUT2D eigenvalue weighted by molar-refractivity contribution is 7.92. The second kappa shape index (κ2) is 8.89. The van der Waals surface area contributed by atoms with E-state index in [-0.39, 0.29) is 16.8 Å². The number of anilines is 1. The predicted molar refractivity (Wildman–Crippen MR) is 107 cm³/mol. The smallest absolute Gasteiger partial charge is 0.261 e. The van der Waals surface area contributed by atoms with Gasteiger partial charge < -0.3 is 5.32 Å². The summed E-state index contributed by atoms with van der Waals surface area (Å²) in [5.41, 5.74) is 1.12. The van der Waals surface area contributed by atoms with Crippen LogP contribution in [0.25, 0.3) is 0 Å². The molecule has 0 unspecified atom stereocenters. The summed E-state index contributed by atoms with van der Waals surface area (Å²) < 4.78 is 27.5. The molecule has 2 aromatic rings. The van der Waals surface area contributed by atoms with Gasteiger partial charge in [0.2, 0.25) is 0 Å². The molecule has 28 heavy (non-hydrogen) atoms. The molecule has 0 spiro atoms. The summed E-state index contributed by atoms with van der Waals surface area (Å²) in [5, 5.41) is 12.0. The Kier molecular flexibility index (Phi) is 6.32. The van der Waals surface area contributed by atoms with Gasteiger partial charge in [0.15, 0.2) is 0 Å². The van der Waals surface area contributed by atoms with Crippen LogP contribution in [0, 0.1) is 11.3 Å². The Morgan fingerprint density at radius 2 is 1.68 bits per heavy atom. The molecule has 1 fully saturated rings. The Morgan fingerprint density at radius 3 is 2.32 bits per heavy atom. The summed E-state index contributed by atoms with van der Waals surface area (Å²) in [6.45, 7) is 0. The van der Waals surface area contributed by atoms with E-state index in [1.807, 2.05) is 6.07 Å². The molecule has 3 rings (SSSR count). The molecule has 2 aromatic carbocycles. The summed E-state index contributed by atoms with van der Waals surface area (Å²) in [6.07, 6.45) is 6.65. The largest absolute Gasteiger partial charge is 0.349 e. The number of nitrogens with zero attached hydrogens (tertiary/aromatic N) is 1. The number of sulfonamides is 1. The van der Waals surface area contributed by atoms with Crippen molar-refractivity contribution < 1.29 is 13.2 Å². The first-order valence-corrected chi connectivity index (χ1v) is 10.9. The number of benzene rings is 2. The van der Waals surface area contributed by atoms with Crippen molar-refractivity contribution in [2.24, 2.45) is 0 Å². The number of hydrogen-bond acceptors (Lipinski definition) is 4. The van der Waals surface area contributed by atoms with Crippen LogP contribution in [0.15, 0.2) is 53.4 Å². The lowest BCUT2D eigenvalue weighted by Crippen LogP contribution is -2.34. The summed E-state index contributed by atoms with van der Waals surface area (Å²) >= 11 is 0. The molecular weight excluding hydrogens is 374 g/mol. The molecule has 146 valence electrons. The highest BCUT2D eigenvalue weighted by Gasteiger charge is 2.18. The quantitative estimate of drug-likeness (QED) is 0.749. The summed E-state index contributed by atoms with van der Waals surface area (Å²) in [5.74, 6) is -0.175. The Hall–Kier alpha value is -2.85. The van der Waals surface area contributed by atoms with Gasteiger partial charge in [-0.25, -0.2) is 8.42 Å². The molecule has 0 atom stereocenters. The maximum Gasteiger partial charge on any atom is 0.261 e. The van der Waals surface area contributed by atoms with Gasteiger partial charge in [-0.1, -0.05) is 31.7 Å². The van der Waals surface area contributed by atoms with Crippen LogP contribution in [-0.2, 0) is 10.0 Å². The molecule has 1 amide bonds. The van der Waals surface area contributed by atoms with Crippen LogP contribution >= 0.6 is 0 Å². The third-order valence-electron chi connectivity index (χ3n) is 4.86. The third-order valence-corrected chi connectivity index (χ3v) is 6.26. The number of carbonyl (C=O) groups excluding carboxylic acids is 1. The van der Waals surface area contributed by atoms with Crippen molar-refractivity contribution in [3.63, 3.8) is 0 Å². The van der Waals surface area contributed by atoms with Gasteiger partial charge in [0.1, 0.15) is 0 Å². The number of nitrogens with one attached hydrogen (secondary N) is 2. The van der Waals surface area contributed by atoms with Crippen molar-refractivity contribution >= 4 is 21.6 Å². The van der Waals surface area contributed by atoms with Crippen molar-refractivity contribution in [2.75, 3.05) is 4.72 Å². The second-order valence-corrected chi connectivity index (χ2v) is 8.67. The van der Waals surface area contributed by atoms with Crippen molar-refractivity contribution in [3.05, 3.63) is 59.7 Å². The third kappa shape index (κ3) is 5.11. The molecule has 1 aliphatic carbocycles. The normalized spacial score (nSPS) is 15.2. The van der Waals surface area contributed by atoms with E-state index < -0.39 is 10.0 Å². The van der Waals surface area contributed by atoms with E-state index in [1.54, 1.807) is 18.2 Å². The van der Waals surface area contributed by atoms with Gasteiger partial charge >= 0.3 is 0 Å². The summed E-state index contributed by atoms with van der Waals surface area (Å²) in [6, 6.07) is 14.3. The average molecular weight is 398 g/mol. The topological polar surface area (TPSA) is 99.1 Å². The van der Waals surface area contributed by atoms with Gasteiger partial charge in [0.25, 0.3) is 15.9 Å². The second-order valence-electron chi connectivity index (χ2n) is 6.98. The molecule has 0 aliphatic heterocycles. The molecule has 0 heterocycles. The summed E-state index contributed by atoms with van der Waals surface area (Å²) in [7, 11) is -3.80. The van der Waals surface area contributed by atoms with Crippen LogP contribution in [0.4, 0.5) is 5.69 Å². The molecule has 0 radical (unpaired) electrons. The molecule has 0 bridgehead atoms. The molecule has 1 saturated carbocycles. The number of nitriles is 1. The minimum atomic E-state index is -3.80. The van der Waals surface area contributed by atoms with E-state index in [2.05, 4.69) is 10.0 Å². The minimum absolute atomic E-state index is 0.0564. The van der Waals surface area contributed by atoms with Crippen molar-refractivity contribution in [1.82, 2.24) is 5.32 Å². The SMILES string of the molecule is N#Cc1cccc(NS(=O)(=O)c2ccc(C(=O)NC3CCCCCC3)cc2)c1. The maximum absolute atomic E-state index is 12.5. The molecular formula is C21H23N3O3S. The molecule has 0 saturated heterocycles. The summed E-state index contributed by atoms with van der Waals surface area (Å²) in [4.78, 5) is 12.5. The Balaban J connectivity index is 1.68. The van der Waals surface area contributed by atoms with Gasteiger partial charge in [-0.05, 0) is 55.3 Å². The monoisotopic (exact) mass is 397 g/mol. The van der Waals surface area contributed by atoms with Gasteiger partial charge in [0, 0.05) is 11.6 Å². The van der Waals surface area contributed by atoms with Crippen molar-refractivity contribution in [3.8, 4) is 6.07 Å². The van der Waals surface area contributed by atoms with Crippen LogP contribution < -0.4 is 10.0 Å². The fraction of sp³-hybridized carbons (Fsp3) is 0.333. The molecule has 7 heteroatoms. The number of carbonyl (C=O) groups is 1. The van der Waals surface area contributed by atoms with Crippen molar-refractivity contribution in [1.29, 1.82) is 5.26 Å². The van der Waals surface area contributed by atoms with Gasteiger partial charge in [-0.2, -0.15) is 5.26 Å². The van der Waals surface area contributed by atoms with Gasteiger partial charge in [0.05, 0.1) is 22.2 Å². The van der Waals surface area contributed by atoms with E-state index in [1.165, 1.54) is 43.2 Å². The number of hydrogen-bond donors (Lipinski definition) is 2. The van der Waals surface area contributed by atoms with E-state index in [0.29, 0.717) is 16.8 Å². The zero-order chi connectivity index (χ0) is 20.0. The minimum Gasteiger partial charge on any atom is -0.349 e. The first kappa shape index (κ1) is 19.9. The lowest BCUT2D eigenvalue weighted by atomic mass is 10.1. The van der Waals surface area contributed by atoms with E-state index in [9.17, 15) is 13.2 Å². The number of rotatable bonds is 5. The van der Waals surface area contributed by atoms with Crippen LogP contribution in [0.1, 0.15) is 54.4 Å². The first-order valence-electron chi connectivity index (χ1n) is 9.42. The Bertz CT molecular complexity index is 971. The predicted octanol–water partition coefficient (Wildman–Crippen LogP) is 3.81. The zero-order valence-electron chi connectivity index (χ0n) is 15.5. The lowest BCUT2D eigenvalue weighted by Gasteiger charge is -2.16. The van der Waals surface area contributed by atoms with Crippen LogP contribution in [-0.4, -0.2) is 20.4 Å². The average Bonchev–Trinajstić information content (AvgIpc) is 2.96. The first-order chi connectivity index (χ1) is 13.5. The molecule has 6 nitrogen and oxygen atoms in total. The van der Waals surface area contributed by atoms with Crippen LogP contribution in [0.3, 0.4) is 0 Å². The maximum atomic E-state index is 12.5. The van der Waals surface area contributed by atoms with Gasteiger partial charge in [-0.15, -0.1) is 0 Å². The molecule has 1 aliphatic rings. The van der Waals surface area contributed by atoms with E-state index >= 15 is 0 Å². The van der Waals surface area contributed by atoms with Crippen LogP contribution in [0.2, 0.25) is 0 Å². The van der Waals surface area contributed by atoms with E-state index in [0.717, 1.165) is 25.7 Å². The highest BCUT2D eigenvalue weighted by atomic mass is 32.2. The molecule has 2 N–H and O–H groups in total. The molecule has 0 aromatic heterocycles. The lowest BCUT2D eigenvalue weighted by molar-refractivity contribution is 0.0933. The Morgan fingerprint density at radius 1 is 1.00 bits per heavy atom. The van der Waals surface area contributed by atoms with Crippen LogP contribution in [0.5, 0.6) is 0 Å². The van der Waals surface area contributed by atoms with Gasteiger partial charge in [-0.3, -0.25) is 9.52 Å². The standard InChI is InChI=1S/C21H23N3O3S/c22-15-16-6-5-9-19(14-16)24-28(26,27)20-12-10-17(11-13-20)21(25)23-18-7-3-1-2-4-8-18/h5-6,9-14,18,24H,1-4,7-8H2,(H,23,25). The zero-order valence-corrected chi connectivity index (χ0v) is 16.3. The van der Waals surface area contributed by atoms with Crippen molar-refractivity contribution in [2.45, 2.75) is 49.5 Å². The van der Waals surface area contributed by atoms with E-state index in [4.69, 9.17) is 5.26 Å². The fourth-order valence-corrected chi connectivity index (χ4v) is 4.39. The number of amides is 1. The fourth-order valence-electron chi connectivity index (χ4n) is 3.34. The highest BCUT2D eigenvalue weighted by Crippen LogP contribution is 2.19.